The van der Waals surface area contributed by atoms with Crippen molar-refractivity contribution in [2.75, 3.05) is 0 Å². The molecule has 2 nitrogen and oxygen atoms in total. The monoisotopic (exact) mass is 718 g/mol. The van der Waals surface area contributed by atoms with Gasteiger partial charge in [0.15, 0.2) is 5.84 Å². The number of hydrogen-bond acceptors (Lipinski definition) is 1. The van der Waals surface area contributed by atoms with Crippen LogP contribution >= 0.6 is 0 Å². The SMILES string of the molecule is C=C(N=C(N=C(C)c1ccccc1)c1ccc(-c2ccc3ccc(-c4ccc(-c5ccc6c(c5)C(C)(C)c5ccccc5-6)cc4)cc3c2)cc1)c1ccccc1. The van der Waals surface area contributed by atoms with Gasteiger partial charge in [0, 0.05) is 16.7 Å². The van der Waals surface area contributed by atoms with E-state index in [1.165, 1.54) is 55.3 Å². The van der Waals surface area contributed by atoms with Crippen LogP contribution in [0.15, 0.2) is 205 Å². The molecule has 2 heteroatoms. The van der Waals surface area contributed by atoms with Crippen LogP contribution in [0.2, 0.25) is 0 Å². The van der Waals surface area contributed by atoms with Gasteiger partial charge in [-0.3, -0.25) is 0 Å². The minimum atomic E-state index is -0.0145. The molecule has 268 valence electrons. The summed E-state index contributed by atoms with van der Waals surface area (Å²) in [5.41, 5.74) is 17.2. The Morgan fingerprint density at radius 1 is 0.411 bits per heavy atom. The second-order valence-corrected chi connectivity index (χ2v) is 15.2. The third kappa shape index (κ3) is 6.61. The number of rotatable bonds is 7. The number of hydrogen-bond donors (Lipinski definition) is 0. The summed E-state index contributed by atoms with van der Waals surface area (Å²) >= 11 is 0. The number of fused-ring (bicyclic) bond motifs is 4. The molecule has 1 aliphatic rings. The molecule has 1 aliphatic carbocycles. The molecule has 56 heavy (non-hydrogen) atoms. The molecule has 0 spiro atoms. The number of nitrogens with zero attached hydrogens (tertiary/aromatic N) is 2. The van der Waals surface area contributed by atoms with Crippen molar-refractivity contribution in [2.24, 2.45) is 9.98 Å². The zero-order valence-corrected chi connectivity index (χ0v) is 32.0. The van der Waals surface area contributed by atoms with E-state index in [-0.39, 0.29) is 5.41 Å². The third-order valence-electron chi connectivity index (χ3n) is 11.3. The van der Waals surface area contributed by atoms with E-state index in [4.69, 9.17) is 9.98 Å². The Morgan fingerprint density at radius 3 is 1.52 bits per heavy atom. The Balaban J connectivity index is 0.985. The van der Waals surface area contributed by atoms with Gasteiger partial charge in [0.25, 0.3) is 0 Å². The van der Waals surface area contributed by atoms with Gasteiger partial charge >= 0.3 is 0 Å². The Bertz CT molecular complexity index is 2810. The highest BCUT2D eigenvalue weighted by Gasteiger charge is 2.35. The summed E-state index contributed by atoms with van der Waals surface area (Å²) in [7, 11) is 0. The number of aliphatic imine (C=N–C) groups is 2. The number of amidine groups is 1. The first-order valence-electron chi connectivity index (χ1n) is 19.3. The molecule has 0 saturated heterocycles. The van der Waals surface area contributed by atoms with Crippen molar-refractivity contribution in [1.29, 1.82) is 0 Å². The van der Waals surface area contributed by atoms with E-state index in [1.807, 2.05) is 55.5 Å². The Kier molecular flexibility index (Phi) is 8.96. The van der Waals surface area contributed by atoms with E-state index in [2.05, 4.69) is 160 Å². The standard InChI is InChI=1S/C54H42N2/c1-36(38-13-7-5-8-14-38)55-53(56-37(2)39-15-9-6-10-16-39)44-27-23-41(24-28-44)46-30-26-43-25-29-45(33-48(43)34-46)40-19-21-42(22-20-40)47-31-32-50-49-17-11-12-18-51(49)54(3,4)52(50)35-47/h5-35H,1H2,2-4H3. The predicted octanol–water partition coefficient (Wildman–Crippen LogP) is 14.1. The van der Waals surface area contributed by atoms with Crippen LogP contribution in [0.5, 0.6) is 0 Å². The highest BCUT2D eigenvalue weighted by atomic mass is 14.9. The van der Waals surface area contributed by atoms with Gasteiger partial charge < -0.3 is 0 Å². The molecule has 8 aromatic carbocycles. The van der Waals surface area contributed by atoms with Gasteiger partial charge in [0.1, 0.15) is 0 Å². The van der Waals surface area contributed by atoms with Crippen LogP contribution < -0.4 is 0 Å². The van der Waals surface area contributed by atoms with Gasteiger partial charge in [-0.05, 0) is 103 Å². The van der Waals surface area contributed by atoms with E-state index in [9.17, 15) is 0 Å². The summed E-state index contributed by atoms with van der Waals surface area (Å²) in [5.74, 6) is 0.631. The molecule has 0 unspecified atom stereocenters. The lowest BCUT2D eigenvalue weighted by Crippen LogP contribution is -2.14. The predicted molar refractivity (Wildman–Crippen MR) is 238 cm³/mol. The minimum Gasteiger partial charge on any atom is -0.233 e. The van der Waals surface area contributed by atoms with E-state index in [0.29, 0.717) is 11.5 Å². The molecule has 0 saturated carbocycles. The maximum Gasteiger partial charge on any atom is 0.160 e. The molecule has 0 atom stereocenters. The normalized spacial score (nSPS) is 13.3. The summed E-state index contributed by atoms with van der Waals surface area (Å²) in [5, 5.41) is 2.42. The van der Waals surface area contributed by atoms with Crippen molar-refractivity contribution >= 4 is 28.0 Å². The van der Waals surface area contributed by atoms with Gasteiger partial charge in [-0.15, -0.1) is 0 Å². The average molecular weight is 719 g/mol. The molecule has 0 aromatic heterocycles. The first-order chi connectivity index (χ1) is 27.3. The van der Waals surface area contributed by atoms with Crippen molar-refractivity contribution < 1.29 is 0 Å². The topological polar surface area (TPSA) is 24.7 Å². The fourth-order valence-corrected chi connectivity index (χ4v) is 8.04. The summed E-state index contributed by atoms with van der Waals surface area (Å²) in [6, 6.07) is 67.0. The lowest BCUT2D eigenvalue weighted by molar-refractivity contribution is 0.660. The van der Waals surface area contributed by atoms with E-state index >= 15 is 0 Å². The third-order valence-corrected chi connectivity index (χ3v) is 11.3. The van der Waals surface area contributed by atoms with Gasteiger partial charge in [0.2, 0.25) is 0 Å². The van der Waals surface area contributed by atoms with Crippen LogP contribution in [0.3, 0.4) is 0 Å². The molecule has 0 amide bonds. The average Bonchev–Trinajstić information content (AvgIpc) is 3.49. The first kappa shape index (κ1) is 34.8. The molecule has 0 radical (unpaired) electrons. The number of benzene rings is 8. The van der Waals surface area contributed by atoms with Crippen molar-refractivity contribution in [1.82, 2.24) is 0 Å². The van der Waals surface area contributed by atoms with Crippen molar-refractivity contribution in [3.8, 4) is 44.5 Å². The van der Waals surface area contributed by atoms with Crippen LogP contribution in [-0.2, 0) is 5.41 Å². The molecule has 0 fully saturated rings. The van der Waals surface area contributed by atoms with E-state index < -0.39 is 0 Å². The fraction of sp³-hybridized carbons (Fsp3) is 0.0741. The maximum absolute atomic E-state index is 5.02. The van der Waals surface area contributed by atoms with Crippen LogP contribution in [0.4, 0.5) is 0 Å². The molecule has 8 aromatic rings. The zero-order chi connectivity index (χ0) is 38.2. The lowest BCUT2D eigenvalue weighted by Gasteiger charge is -2.22. The second-order valence-electron chi connectivity index (χ2n) is 15.2. The zero-order valence-electron chi connectivity index (χ0n) is 32.0. The molecule has 0 heterocycles. The highest BCUT2D eigenvalue weighted by molar-refractivity contribution is 6.12. The van der Waals surface area contributed by atoms with Gasteiger partial charge in [0.05, 0.1) is 5.70 Å². The smallest absolute Gasteiger partial charge is 0.160 e. The van der Waals surface area contributed by atoms with Crippen molar-refractivity contribution in [3.63, 3.8) is 0 Å². The van der Waals surface area contributed by atoms with Gasteiger partial charge in [-0.25, -0.2) is 9.98 Å². The molecule has 9 rings (SSSR count). The van der Waals surface area contributed by atoms with Crippen LogP contribution in [0.25, 0.3) is 61.0 Å². The highest BCUT2D eigenvalue weighted by Crippen LogP contribution is 2.49. The largest absolute Gasteiger partial charge is 0.233 e. The summed E-state index contributed by atoms with van der Waals surface area (Å²) < 4.78 is 0. The molecular formula is C54H42N2. The Labute approximate surface area is 329 Å². The Morgan fingerprint density at radius 2 is 0.893 bits per heavy atom. The maximum atomic E-state index is 5.02. The van der Waals surface area contributed by atoms with Crippen LogP contribution in [0.1, 0.15) is 48.6 Å². The summed E-state index contributed by atoms with van der Waals surface area (Å²) in [6.07, 6.45) is 0. The van der Waals surface area contributed by atoms with Crippen molar-refractivity contribution in [2.45, 2.75) is 26.2 Å². The summed E-state index contributed by atoms with van der Waals surface area (Å²) in [6.45, 7) is 11.0. The van der Waals surface area contributed by atoms with Gasteiger partial charge in [-0.2, -0.15) is 0 Å². The first-order valence-corrected chi connectivity index (χ1v) is 19.3. The van der Waals surface area contributed by atoms with Crippen molar-refractivity contribution in [3.05, 3.63) is 222 Å². The summed E-state index contributed by atoms with van der Waals surface area (Å²) in [4.78, 5) is 9.97. The quantitative estimate of drug-likeness (QED) is 0.116. The molecule has 0 bridgehead atoms. The van der Waals surface area contributed by atoms with E-state index in [0.717, 1.165) is 33.5 Å². The van der Waals surface area contributed by atoms with Gasteiger partial charge in [-0.1, -0.05) is 190 Å². The second kappa shape index (κ2) is 14.4. The molecule has 0 aliphatic heterocycles. The minimum absolute atomic E-state index is 0.0145. The molecule has 0 N–H and O–H groups in total. The Hall–Kier alpha value is -6.90. The van der Waals surface area contributed by atoms with E-state index in [1.54, 1.807) is 0 Å². The van der Waals surface area contributed by atoms with Crippen LogP contribution in [0, 0.1) is 0 Å². The fourth-order valence-electron chi connectivity index (χ4n) is 8.04. The lowest BCUT2D eigenvalue weighted by atomic mass is 9.81. The molecular weight excluding hydrogens is 677 g/mol. The van der Waals surface area contributed by atoms with Crippen LogP contribution in [-0.4, -0.2) is 11.5 Å².